The molecule has 0 amide bonds. The van der Waals surface area contributed by atoms with E-state index in [0.29, 0.717) is 0 Å². The molecule has 0 fully saturated rings. The number of allylic oxidation sites excluding steroid dienone is 4. The maximum atomic E-state index is 3.30. The van der Waals surface area contributed by atoms with Crippen molar-refractivity contribution in [1.29, 1.82) is 0 Å². The van der Waals surface area contributed by atoms with Crippen LogP contribution in [-0.2, 0) is 26.2 Å². The minimum atomic E-state index is 0. The standard InChI is InChI=1S/C10H15.2ClH.Zr/c1-8(2)7-10-6-4-5-9(10)3;;;/h6,8H,4,7H2,1-3H3;2*1H;/q-1;;;+3/p-2. The Kier molecular flexibility index (Phi) is 14.2. The van der Waals surface area contributed by atoms with Crippen LogP contribution in [0.5, 0.6) is 0 Å². The third-order valence-corrected chi connectivity index (χ3v) is 1.83. The summed E-state index contributed by atoms with van der Waals surface area (Å²) in [4.78, 5) is 0. The van der Waals surface area contributed by atoms with E-state index in [1.54, 1.807) is 0 Å². The zero-order chi connectivity index (χ0) is 7.56. The van der Waals surface area contributed by atoms with Gasteiger partial charge in [-0.2, -0.15) is 11.6 Å². The Labute approximate surface area is 113 Å². The monoisotopic (exact) mass is 295 g/mol. The molecule has 0 bridgehead atoms. The summed E-state index contributed by atoms with van der Waals surface area (Å²) >= 11 is 0. The summed E-state index contributed by atoms with van der Waals surface area (Å²) in [6, 6.07) is 0. The summed E-state index contributed by atoms with van der Waals surface area (Å²) < 4.78 is 0. The maximum absolute atomic E-state index is 3.30. The molecule has 1 rings (SSSR count). The van der Waals surface area contributed by atoms with Gasteiger partial charge in [0.25, 0.3) is 0 Å². The average molecular weight is 297 g/mol. The fourth-order valence-electron chi connectivity index (χ4n) is 1.27. The van der Waals surface area contributed by atoms with E-state index in [1.807, 2.05) is 0 Å². The average Bonchev–Trinajstić information content (AvgIpc) is 2.15. The molecular formula is C10H15Cl2Zr. The Hall–Kier alpha value is 0.943. The van der Waals surface area contributed by atoms with E-state index in [0.717, 1.165) is 12.3 Å². The van der Waals surface area contributed by atoms with E-state index in [1.165, 1.54) is 17.6 Å². The second kappa shape index (κ2) is 9.50. The van der Waals surface area contributed by atoms with Crippen LogP contribution >= 0.6 is 0 Å². The van der Waals surface area contributed by atoms with E-state index >= 15 is 0 Å². The van der Waals surface area contributed by atoms with Crippen molar-refractivity contribution in [2.24, 2.45) is 5.92 Å². The van der Waals surface area contributed by atoms with Crippen LogP contribution in [0.15, 0.2) is 17.2 Å². The molecule has 0 saturated heterocycles. The van der Waals surface area contributed by atoms with Crippen molar-refractivity contribution in [3.05, 3.63) is 23.3 Å². The van der Waals surface area contributed by atoms with Crippen LogP contribution in [0.3, 0.4) is 0 Å². The number of halogens is 2. The van der Waals surface area contributed by atoms with Crippen LogP contribution < -0.4 is 24.8 Å². The van der Waals surface area contributed by atoms with Crippen LogP contribution in [0.2, 0.25) is 0 Å². The van der Waals surface area contributed by atoms with Gasteiger partial charge in [-0.3, -0.25) is 6.08 Å². The minimum absolute atomic E-state index is 0. The Morgan fingerprint density at radius 1 is 1.38 bits per heavy atom. The molecule has 0 aromatic heterocycles. The molecule has 0 nitrogen and oxygen atoms in total. The van der Waals surface area contributed by atoms with Crippen molar-refractivity contribution >= 4 is 0 Å². The van der Waals surface area contributed by atoms with Crippen LogP contribution in [0.4, 0.5) is 0 Å². The molecule has 0 saturated carbocycles. The zero-order valence-corrected chi connectivity index (χ0v) is 12.3. The summed E-state index contributed by atoms with van der Waals surface area (Å²) in [5, 5.41) is 0. The summed E-state index contributed by atoms with van der Waals surface area (Å²) in [6.45, 7) is 6.67. The molecule has 73 valence electrons. The molecule has 3 heteroatoms. The molecule has 0 aliphatic heterocycles. The first-order chi connectivity index (χ1) is 4.70. The molecule has 0 N–H and O–H groups in total. The van der Waals surface area contributed by atoms with E-state index in [4.69, 9.17) is 0 Å². The molecule has 1 radical (unpaired) electrons. The first-order valence-electron chi connectivity index (χ1n) is 3.97. The Bertz CT molecular complexity index is 183. The quantitative estimate of drug-likeness (QED) is 0.480. The van der Waals surface area contributed by atoms with Crippen molar-refractivity contribution < 1.29 is 51.0 Å². The molecule has 0 aromatic carbocycles. The summed E-state index contributed by atoms with van der Waals surface area (Å²) in [5.74, 6) is 0.779. The fourth-order valence-corrected chi connectivity index (χ4v) is 1.27. The van der Waals surface area contributed by atoms with E-state index < -0.39 is 0 Å². The van der Waals surface area contributed by atoms with Crippen LogP contribution in [-0.4, -0.2) is 0 Å². The van der Waals surface area contributed by atoms with Gasteiger partial charge in [0.05, 0.1) is 0 Å². The van der Waals surface area contributed by atoms with Crippen molar-refractivity contribution in [2.75, 3.05) is 0 Å². The number of hydrogen-bond donors (Lipinski definition) is 0. The largest absolute Gasteiger partial charge is 3.00 e. The van der Waals surface area contributed by atoms with Gasteiger partial charge in [0.1, 0.15) is 0 Å². The normalized spacial score (nSPS) is 13.5. The molecule has 1 aliphatic rings. The van der Waals surface area contributed by atoms with Crippen molar-refractivity contribution in [2.45, 2.75) is 33.6 Å². The van der Waals surface area contributed by atoms with Crippen molar-refractivity contribution in [3.8, 4) is 0 Å². The van der Waals surface area contributed by atoms with Crippen LogP contribution in [0.25, 0.3) is 0 Å². The topological polar surface area (TPSA) is 0 Å². The van der Waals surface area contributed by atoms with E-state index in [9.17, 15) is 0 Å². The summed E-state index contributed by atoms with van der Waals surface area (Å²) in [7, 11) is 0. The van der Waals surface area contributed by atoms with Gasteiger partial charge < -0.3 is 24.8 Å². The number of hydrogen-bond acceptors (Lipinski definition) is 0. The summed E-state index contributed by atoms with van der Waals surface area (Å²) in [6.07, 6.45) is 7.84. The van der Waals surface area contributed by atoms with Gasteiger partial charge >= 0.3 is 26.2 Å². The third-order valence-electron chi connectivity index (χ3n) is 1.83. The minimum Gasteiger partial charge on any atom is -1.00 e. The molecule has 0 heterocycles. The van der Waals surface area contributed by atoms with Gasteiger partial charge in [-0.1, -0.05) is 33.1 Å². The molecule has 0 aromatic rings. The van der Waals surface area contributed by atoms with Crippen LogP contribution in [0, 0.1) is 12.0 Å². The molecule has 0 atom stereocenters. The van der Waals surface area contributed by atoms with Crippen molar-refractivity contribution in [1.82, 2.24) is 0 Å². The Morgan fingerprint density at radius 3 is 2.23 bits per heavy atom. The molecule has 0 unspecified atom stereocenters. The molecule has 0 spiro atoms. The molecule has 13 heavy (non-hydrogen) atoms. The van der Waals surface area contributed by atoms with Crippen LogP contribution in [0.1, 0.15) is 33.6 Å². The first kappa shape index (κ1) is 19.5. The Balaban J connectivity index is -0.000000333. The van der Waals surface area contributed by atoms with Crippen molar-refractivity contribution in [3.63, 3.8) is 0 Å². The molecule has 1 aliphatic carbocycles. The van der Waals surface area contributed by atoms with E-state index in [-0.39, 0.29) is 51.0 Å². The summed E-state index contributed by atoms with van der Waals surface area (Å²) in [5.41, 5.74) is 2.88. The third kappa shape index (κ3) is 6.94. The second-order valence-corrected chi connectivity index (χ2v) is 3.33. The van der Waals surface area contributed by atoms with Gasteiger partial charge in [-0.25, -0.2) is 5.57 Å². The fraction of sp³-hybridized carbons (Fsp3) is 0.600. The van der Waals surface area contributed by atoms with Gasteiger partial charge in [-0.05, 0) is 0 Å². The Morgan fingerprint density at radius 2 is 1.92 bits per heavy atom. The van der Waals surface area contributed by atoms with Gasteiger partial charge in [0, 0.05) is 0 Å². The van der Waals surface area contributed by atoms with Gasteiger partial charge in [-0.15, -0.1) is 6.42 Å². The second-order valence-electron chi connectivity index (χ2n) is 3.33. The zero-order valence-electron chi connectivity index (χ0n) is 8.32. The predicted octanol–water partition coefficient (Wildman–Crippen LogP) is -2.88. The van der Waals surface area contributed by atoms with E-state index in [2.05, 4.69) is 32.9 Å². The SMILES string of the molecule is CC1=[C-]CC=C1CC(C)C.[Cl-].[Cl-].[Zr+3]. The maximum Gasteiger partial charge on any atom is 3.00 e. The smallest absolute Gasteiger partial charge is 1.00 e. The predicted molar refractivity (Wildman–Crippen MR) is 44.6 cm³/mol. The number of rotatable bonds is 2. The first-order valence-corrected chi connectivity index (χ1v) is 3.97. The van der Waals surface area contributed by atoms with Gasteiger partial charge in [0.2, 0.25) is 0 Å². The molecular weight excluding hydrogens is 282 g/mol. The van der Waals surface area contributed by atoms with Gasteiger partial charge in [0.15, 0.2) is 0 Å².